The van der Waals surface area contributed by atoms with Gasteiger partial charge in [-0.15, -0.1) is 0 Å². The molecule has 1 N–H and O–H groups in total. The van der Waals surface area contributed by atoms with Crippen LogP contribution in [0.5, 0.6) is 0 Å². The van der Waals surface area contributed by atoms with Crippen molar-refractivity contribution in [1.82, 2.24) is 5.32 Å². The average Bonchev–Trinajstić information content (AvgIpc) is 2.57. The molecule has 0 fully saturated rings. The molecule has 12 heteroatoms. The van der Waals surface area contributed by atoms with Gasteiger partial charge in [0, 0.05) is 16.6 Å². The lowest BCUT2D eigenvalue weighted by atomic mass is 10.2. The van der Waals surface area contributed by atoms with E-state index in [2.05, 4.69) is 5.32 Å². The Morgan fingerprint density at radius 2 is 1.72 bits per heavy atom. The monoisotopic (exact) mass is 488 g/mol. The highest BCUT2D eigenvalue weighted by atomic mass is 35.5. The third kappa shape index (κ3) is 6.40. The summed E-state index contributed by atoms with van der Waals surface area (Å²) in [6.07, 6.45) is -4.01. The van der Waals surface area contributed by atoms with Crippen LogP contribution in [0, 0.1) is 0 Å². The van der Waals surface area contributed by atoms with E-state index in [-0.39, 0.29) is 12.2 Å². The van der Waals surface area contributed by atoms with E-state index >= 15 is 0 Å². The number of carbonyl (C=O) groups is 1. The van der Waals surface area contributed by atoms with Crippen molar-refractivity contribution in [1.29, 1.82) is 0 Å². The van der Waals surface area contributed by atoms with E-state index in [0.717, 1.165) is 18.4 Å². The van der Waals surface area contributed by atoms with Gasteiger partial charge >= 0.3 is 6.18 Å². The van der Waals surface area contributed by atoms with E-state index in [0.29, 0.717) is 26.0 Å². The maximum absolute atomic E-state index is 13.1. The van der Waals surface area contributed by atoms with Gasteiger partial charge in [-0.3, -0.25) is 9.10 Å². The van der Waals surface area contributed by atoms with E-state index in [9.17, 15) is 26.4 Å². The summed E-state index contributed by atoms with van der Waals surface area (Å²) >= 11 is 17.3. The highest BCUT2D eigenvalue weighted by Crippen LogP contribution is 2.37. The zero-order chi connectivity index (χ0) is 22.0. The summed E-state index contributed by atoms with van der Waals surface area (Å²) in [5.41, 5.74) is -1.02. The number of sulfonamides is 1. The fourth-order valence-corrected chi connectivity index (χ4v) is 3.88. The molecule has 0 spiro atoms. The van der Waals surface area contributed by atoms with Crippen LogP contribution in [-0.2, 0) is 27.5 Å². The van der Waals surface area contributed by atoms with E-state index < -0.39 is 39.2 Å². The molecule has 0 aliphatic rings. The van der Waals surface area contributed by atoms with E-state index in [1.807, 2.05) is 0 Å². The minimum absolute atomic E-state index is 0.0269. The maximum Gasteiger partial charge on any atom is 0.417 e. The van der Waals surface area contributed by atoms with E-state index in [1.54, 1.807) is 12.1 Å². The molecule has 158 valence electrons. The largest absolute Gasteiger partial charge is 0.417 e. The van der Waals surface area contributed by atoms with Crippen molar-refractivity contribution in [2.45, 2.75) is 12.7 Å². The lowest BCUT2D eigenvalue weighted by molar-refractivity contribution is -0.137. The van der Waals surface area contributed by atoms with Crippen LogP contribution in [0.2, 0.25) is 15.1 Å². The van der Waals surface area contributed by atoms with Gasteiger partial charge in [0.25, 0.3) is 0 Å². The molecule has 0 aliphatic carbocycles. The van der Waals surface area contributed by atoms with Crippen molar-refractivity contribution in [2.75, 3.05) is 17.1 Å². The Labute approximate surface area is 180 Å². The van der Waals surface area contributed by atoms with Crippen molar-refractivity contribution in [3.63, 3.8) is 0 Å². The minimum atomic E-state index is -4.79. The van der Waals surface area contributed by atoms with Gasteiger partial charge in [-0.25, -0.2) is 8.42 Å². The fourth-order valence-electron chi connectivity index (χ4n) is 2.33. The SMILES string of the molecule is CS(=O)(=O)N(CC(=O)NCc1ccc(Cl)cc1Cl)c1ccc(Cl)c(C(F)(F)F)c1. The number of alkyl halides is 3. The number of benzene rings is 2. The van der Waals surface area contributed by atoms with Gasteiger partial charge in [0.05, 0.1) is 22.5 Å². The van der Waals surface area contributed by atoms with Crippen molar-refractivity contribution in [2.24, 2.45) is 0 Å². The molecule has 0 atom stereocenters. The number of halogens is 6. The molecule has 1 amide bonds. The Morgan fingerprint density at radius 3 is 2.28 bits per heavy atom. The summed E-state index contributed by atoms with van der Waals surface area (Å²) in [6.45, 7) is -0.760. The number of nitrogens with zero attached hydrogens (tertiary/aromatic N) is 1. The van der Waals surface area contributed by atoms with Crippen molar-refractivity contribution in [3.8, 4) is 0 Å². The Bertz CT molecular complexity index is 1030. The smallest absolute Gasteiger partial charge is 0.350 e. The first-order valence-electron chi connectivity index (χ1n) is 7.84. The van der Waals surface area contributed by atoms with Crippen LogP contribution >= 0.6 is 34.8 Å². The number of nitrogens with one attached hydrogen (secondary N) is 1. The summed E-state index contributed by atoms with van der Waals surface area (Å²) in [5.74, 6) is -0.745. The van der Waals surface area contributed by atoms with Crippen molar-refractivity contribution in [3.05, 3.63) is 62.6 Å². The molecular weight excluding hydrogens is 476 g/mol. The molecule has 0 radical (unpaired) electrons. The molecule has 2 aromatic carbocycles. The molecule has 0 saturated heterocycles. The van der Waals surface area contributed by atoms with Gasteiger partial charge in [-0.1, -0.05) is 40.9 Å². The number of carbonyl (C=O) groups excluding carboxylic acids is 1. The number of anilines is 1. The Kier molecular flexibility index (Phi) is 7.32. The number of hydrogen-bond acceptors (Lipinski definition) is 3. The normalized spacial score (nSPS) is 12.0. The van der Waals surface area contributed by atoms with Crippen LogP contribution in [0.15, 0.2) is 36.4 Å². The highest BCUT2D eigenvalue weighted by Gasteiger charge is 2.34. The second kappa shape index (κ2) is 8.99. The van der Waals surface area contributed by atoms with Gasteiger partial charge in [0.15, 0.2) is 0 Å². The molecular formula is C17H14Cl3F3N2O3S. The second-order valence-corrected chi connectivity index (χ2v) is 9.10. The summed E-state index contributed by atoms with van der Waals surface area (Å²) in [4.78, 5) is 12.2. The average molecular weight is 490 g/mol. The summed E-state index contributed by atoms with van der Waals surface area (Å²) in [5, 5.41) is 2.58. The van der Waals surface area contributed by atoms with Crippen LogP contribution in [-0.4, -0.2) is 27.1 Å². The van der Waals surface area contributed by atoms with Crippen LogP contribution in [0.4, 0.5) is 18.9 Å². The Hall–Kier alpha value is -1.68. The summed E-state index contributed by atoms with van der Waals surface area (Å²) in [7, 11) is -4.07. The van der Waals surface area contributed by atoms with Crippen LogP contribution in [0.3, 0.4) is 0 Å². The predicted octanol–water partition coefficient (Wildman–Crippen LogP) is 4.75. The van der Waals surface area contributed by atoms with Crippen molar-refractivity contribution < 1.29 is 26.4 Å². The molecule has 0 heterocycles. The molecule has 2 rings (SSSR count). The van der Waals surface area contributed by atoms with Gasteiger partial charge in [0.2, 0.25) is 15.9 Å². The van der Waals surface area contributed by atoms with E-state index in [1.165, 1.54) is 6.07 Å². The number of hydrogen-bond donors (Lipinski definition) is 1. The first kappa shape index (κ1) is 23.6. The maximum atomic E-state index is 13.1. The second-order valence-electron chi connectivity index (χ2n) is 5.94. The molecule has 2 aromatic rings. The van der Waals surface area contributed by atoms with Gasteiger partial charge in [0.1, 0.15) is 6.54 Å². The van der Waals surface area contributed by atoms with Crippen molar-refractivity contribution >= 4 is 56.4 Å². The standard InChI is InChI=1S/C17H14Cl3F3N2O3S/c1-29(27,28)25(12-4-5-14(19)13(7-12)17(21,22)23)9-16(26)24-8-10-2-3-11(18)6-15(10)20/h2-7H,8-9H2,1H3,(H,24,26). The predicted molar refractivity (Wildman–Crippen MR) is 107 cm³/mol. The molecule has 0 bridgehead atoms. The Balaban J connectivity index is 2.23. The minimum Gasteiger partial charge on any atom is -0.350 e. The molecule has 29 heavy (non-hydrogen) atoms. The van der Waals surface area contributed by atoms with Crippen LogP contribution in [0.25, 0.3) is 0 Å². The Morgan fingerprint density at radius 1 is 1.07 bits per heavy atom. The summed E-state index contributed by atoms with van der Waals surface area (Å²) < 4.78 is 63.9. The van der Waals surface area contributed by atoms with Gasteiger partial charge in [-0.2, -0.15) is 13.2 Å². The lowest BCUT2D eigenvalue weighted by Crippen LogP contribution is -2.40. The molecule has 5 nitrogen and oxygen atoms in total. The topological polar surface area (TPSA) is 66.5 Å². The fraction of sp³-hybridized carbons (Fsp3) is 0.235. The quantitative estimate of drug-likeness (QED) is 0.637. The molecule has 0 aliphatic heterocycles. The molecule has 0 saturated carbocycles. The molecule has 0 unspecified atom stereocenters. The highest BCUT2D eigenvalue weighted by molar-refractivity contribution is 7.92. The first-order valence-corrected chi connectivity index (χ1v) is 10.8. The molecule has 0 aromatic heterocycles. The van der Waals surface area contributed by atoms with Crippen LogP contribution in [0.1, 0.15) is 11.1 Å². The zero-order valence-corrected chi connectivity index (χ0v) is 17.8. The van der Waals surface area contributed by atoms with Gasteiger partial charge in [-0.05, 0) is 35.9 Å². The van der Waals surface area contributed by atoms with Gasteiger partial charge < -0.3 is 5.32 Å². The van der Waals surface area contributed by atoms with E-state index in [4.69, 9.17) is 34.8 Å². The zero-order valence-electron chi connectivity index (χ0n) is 14.7. The number of amides is 1. The number of rotatable bonds is 6. The third-order valence-electron chi connectivity index (χ3n) is 3.72. The first-order chi connectivity index (χ1) is 13.3. The lowest BCUT2D eigenvalue weighted by Gasteiger charge is -2.23. The third-order valence-corrected chi connectivity index (χ3v) is 5.78. The van der Waals surface area contributed by atoms with Crippen LogP contribution < -0.4 is 9.62 Å². The summed E-state index contributed by atoms with van der Waals surface area (Å²) in [6, 6.07) is 7.19.